The maximum absolute atomic E-state index is 10.9. The van der Waals surface area contributed by atoms with Crippen molar-refractivity contribution in [2.24, 2.45) is 0 Å². The first-order chi connectivity index (χ1) is 10.7. The third kappa shape index (κ3) is 3.33. The van der Waals surface area contributed by atoms with Crippen LogP contribution >= 0.6 is 0 Å². The minimum atomic E-state index is -0.708. The molecule has 0 bridgehead atoms. The molecule has 2 N–H and O–H groups in total. The highest BCUT2D eigenvalue weighted by Gasteiger charge is 2.50. The Balaban J connectivity index is 1.77. The van der Waals surface area contributed by atoms with Crippen LogP contribution in [0.5, 0.6) is 0 Å². The molecule has 0 amide bonds. The maximum Gasteiger partial charge on any atom is 0.0702 e. The first kappa shape index (κ1) is 16.9. The predicted molar refractivity (Wildman–Crippen MR) is 93.5 cm³/mol. The van der Waals surface area contributed by atoms with Gasteiger partial charge in [0.1, 0.15) is 0 Å². The van der Waals surface area contributed by atoms with E-state index in [-0.39, 0.29) is 11.0 Å². The van der Waals surface area contributed by atoms with Gasteiger partial charge >= 0.3 is 0 Å². The molecule has 2 saturated heterocycles. The fraction of sp³-hybridized carbons (Fsp3) is 0.700. The molecular formula is C20H31NO2. The Kier molecular flexibility index (Phi) is 4.33. The van der Waals surface area contributed by atoms with Gasteiger partial charge in [-0.3, -0.25) is 4.90 Å². The van der Waals surface area contributed by atoms with Gasteiger partial charge in [0.25, 0.3) is 0 Å². The Morgan fingerprint density at radius 2 is 1.83 bits per heavy atom. The lowest BCUT2D eigenvalue weighted by Gasteiger charge is -2.57. The van der Waals surface area contributed by atoms with Crippen molar-refractivity contribution in [3.05, 3.63) is 35.9 Å². The molecule has 0 spiro atoms. The van der Waals surface area contributed by atoms with E-state index >= 15 is 0 Å². The summed E-state index contributed by atoms with van der Waals surface area (Å²) in [6.07, 6.45) is 3.84. The van der Waals surface area contributed by atoms with Crippen LogP contribution in [0.25, 0.3) is 0 Å². The number of rotatable bonds is 3. The van der Waals surface area contributed by atoms with Crippen molar-refractivity contribution >= 4 is 0 Å². The van der Waals surface area contributed by atoms with Crippen molar-refractivity contribution in [3.8, 4) is 0 Å². The molecule has 0 aromatic heterocycles. The third-order valence-corrected chi connectivity index (χ3v) is 6.22. The van der Waals surface area contributed by atoms with Crippen LogP contribution in [-0.2, 0) is 5.41 Å². The fourth-order valence-corrected chi connectivity index (χ4v) is 4.88. The molecule has 2 heterocycles. The molecule has 3 rings (SSSR count). The number of hydrogen-bond donors (Lipinski definition) is 2. The number of fused-ring (bicyclic) bond motifs is 1. The minimum absolute atomic E-state index is 0.0518. The molecule has 0 aliphatic carbocycles. The molecule has 2 fully saturated rings. The van der Waals surface area contributed by atoms with Gasteiger partial charge in [-0.15, -0.1) is 0 Å². The van der Waals surface area contributed by atoms with Gasteiger partial charge < -0.3 is 10.2 Å². The van der Waals surface area contributed by atoms with Crippen LogP contribution in [0.4, 0.5) is 0 Å². The molecule has 4 atom stereocenters. The van der Waals surface area contributed by atoms with Crippen molar-refractivity contribution in [1.82, 2.24) is 4.90 Å². The quantitative estimate of drug-likeness (QED) is 0.900. The third-order valence-electron chi connectivity index (χ3n) is 6.22. The fourth-order valence-electron chi connectivity index (χ4n) is 4.88. The molecule has 23 heavy (non-hydrogen) atoms. The highest BCUT2D eigenvalue weighted by molar-refractivity contribution is 5.27. The smallest absolute Gasteiger partial charge is 0.0702 e. The van der Waals surface area contributed by atoms with Crippen LogP contribution in [0, 0.1) is 0 Å². The summed E-state index contributed by atoms with van der Waals surface area (Å²) in [5.41, 5.74) is 0.961. The first-order valence-electron chi connectivity index (χ1n) is 8.96. The summed E-state index contributed by atoms with van der Waals surface area (Å²) in [5, 5.41) is 20.6. The zero-order valence-corrected chi connectivity index (χ0v) is 14.8. The summed E-state index contributed by atoms with van der Waals surface area (Å²) in [6, 6.07) is 10.8. The SMILES string of the molecule is CC(O)CC1(O)CCN2CC(C)(c3ccccc3)CCC2(C)C1. The second-order valence-corrected chi connectivity index (χ2v) is 8.55. The molecule has 0 saturated carbocycles. The Bertz CT molecular complexity index is 546. The van der Waals surface area contributed by atoms with Crippen molar-refractivity contribution in [1.29, 1.82) is 0 Å². The Morgan fingerprint density at radius 3 is 2.48 bits per heavy atom. The summed E-state index contributed by atoms with van der Waals surface area (Å²) < 4.78 is 0. The minimum Gasteiger partial charge on any atom is -0.393 e. The second-order valence-electron chi connectivity index (χ2n) is 8.55. The van der Waals surface area contributed by atoms with Gasteiger partial charge in [0, 0.05) is 30.5 Å². The van der Waals surface area contributed by atoms with Crippen molar-refractivity contribution < 1.29 is 10.2 Å². The van der Waals surface area contributed by atoms with Crippen LogP contribution in [0.1, 0.15) is 58.4 Å². The number of benzene rings is 1. The summed E-state index contributed by atoms with van der Waals surface area (Å²) in [6.45, 7) is 8.42. The highest BCUT2D eigenvalue weighted by Crippen LogP contribution is 2.47. The summed E-state index contributed by atoms with van der Waals surface area (Å²) in [5.74, 6) is 0. The lowest BCUT2D eigenvalue weighted by Crippen LogP contribution is -2.63. The molecule has 3 heteroatoms. The molecule has 1 aromatic rings. The van der Waals surface area contributed by atoms with E-state index in [2.05, 4.69) is 49.1 Å². The van der Waals surface area contributed by atoms with Crippen LogP contribution in [0.2, 0.25) is 0 Å². The van der Waals surface area contributed by atoms with Crippen LogP contribution in [0.3, 0.4) is 0 Å². The largest absolute Gasteiger partial charge is 0.393 e. The lowest BCUT2D eigenvalue weighted by atomic mass is 9.65. The second kappa shape index (κ2) is 5.87. The van der Waals surface area contributed by atoms with Gasteiger partial charge in [-0.1, -0.05) is 37.3 Å². The van der Waals surface area contributed by atoms with Gasteiger partial charge in [-0.2, -0.15) is 0 Å². The summed E-state index contributed by atoms with van der Waals surface area (Å²) in [7, 11) is 0. The summed E-state index contributed by atoms with van der Waals surface area (Å²) >= 11 is 0. The van der Waals surface area contributed by atoms with E-state index in [9.17, 15) is 10.2 Å². The number of hydrogen-bond acceptors (Lipinski definition) is 3. The number of aliphatic hydroxyl groups excluding tert-OH is 1. The zero-order valence-electron chi connectivity index (χ0n) is 14.8. The van der Waals surface area contributed by atoms with Crippen LogP contribution in [0.15, 0.2) is 30.3 Å². The topological polar surface area (TPSA) is 43.7 Å². The molecule has 2 aliphatic heterocycles. The molecule has 1 aromatic carbocycles. The summed E-state index contributed by atoms with van der Waals surface area (Å²) in [4.78, 5) is 2.58. The van der Waals surface area contributed by atoms with Crippen LogP contribution in [-0.4, -0.2) is 45.4 Å². The molecule has 0 radical (unpaired) electrons. The monoisotopic (exact) mass is 317 g/mol. The average molecular weight is 317 g/mol. The van der Waals surface area contributed by atoms with Crippen LogP contribution < -0.4 is 0 Å². The Labute approximate surface area is 140 Å². The van der Waals surface area contributed by atoms with Gasteiger partial charge in [-0.05, 0) is 45.1 Å². The van der Waals surface area contributed by atoms with E-state index in [0.29, 0.717) is 6.42 Å². The van der Waals surface area contributed by atoms with E-state index in [1.165, 1.54) is 5.56 Å². The van der Waals surface area contributed by atoms with E-state index in [4.69, 9.17) is 0 Å². The van der Waals surface area contributed by atoms with Gasteiger partial charge in [0.2, 0.25) is 0 Å². The van der Waals surface area contributed by atoms with E-state index in [1.54, 1.807) is 6.92 Å². The number of piperidine rings is 2. The Morgan fingerprint density at radius 1 is 1.13 bits per heavy atom. The van der Waals surface area contributed by atoms with Crippen molar-refractivity contribution in [3.63, 3.8) is 0 Å². The van der Waals surface area contributed by atoms with Crippen molar-refractivity contribution in [2.45, 2.75) is 75.5 Å². The average Bonchev–Trinajstić information content (AvgIpc) is 2.48. The van der Waals surface area contributed by atoms with Gasteiger partial charge in [0.15, 0.2) is 0 Å². The van der Waals surface area contributed by atoms with Gasteiger partial charge in [-0.25, -0.2) is 0 Å². The molecule has 2 aliphatic rings. The Hall–Kier alpha value is -0.900. The normalized spacial score (nSPS) is 39.7. The maximum atomic E-state index is 10.9. The standard InChI is InChI=1S/C20H31NO2/c1-16(22)13-20(23)11-12-21-15-18(2,9-10-19(21,3)14-20)17-7-5-4-6-8-17/h4-8,16,22-23H,9-15H2,1-3H3. The first-order valence-corrected chi connectivity index (χ1v) is 8.96. The number of aliphatic hydroxyl groups is 2. The van der Waals surface area contributed by atoms with E-state index in [0.717, 1.165) is 38.8 Å². The van der Waals surface area contributed by atoms with E-state index in [1.807, 2.05) is 0 Å². The molecule has 3 nitrogen and oxygen atoms in total. The molecular weight excluding hydrogens is 286 g/mol. The van der Waals surface area contributed by atoms with E-state index < -0.39 is 11.7 Å². The molecule has 4 unspecified atom stereocenters. The lowest BCUT2D eigenvalue weighted by molar-refractivity contribution is -0.121. The van der Waals surface area contributed by atoms with Gasteiger partial charge in [0.05, 0.1) is 11.7 Å². The zero-order chi connectivity index (χ0) is 16.7. The van der Waals surface area contributed by atoms with Crippen molar-refractivity contribution in [2.75, 3.05) is 13.1 Å². The molecule has 128 valence electrons. The number of nitrogens with zero attached hydrogens (tertiary/aromatic N) is 1. The highest BCUT2D eigenvalue weighted by atomic mass is 16.3. The predicted octanol–water partition coefficient (Wildman–Crippen LogP) is 3.09.